The number of hydrogen-bond donors (Lipinski definition) is 1. The largest absolute Gasteiger partial charge is 0.510 e. The number of fused-ring (bicyclic) bond motifs is 5. The van der Waals surface area contributed by atoms with Gasteiger partial charge in [-0.25, -0.2) is 4.79 Å². The summed E-state index contributed by atoms with van der Waals surface area (Å²) in [6.45, 7) is 6.20. The van der Waals surface area contributed by atoms with Crippen LogP contribution in [0.3, 0.4) is 0 Å². The monoisotopic (exact) mass is 406 g/mol. The van der Waals surface area contributed by atoms with Gasteiger partial charge in [-0.3, -0.25) is 4.79 Å². The van der Waals surface area contributed by atoms with Crippen LogP contribution in [0, 0.1) is 28.6 Å². The van der Waals surface area contributed by atoms with Crippen molar-refractivity contribution < 1.29 is 28.9 Å². The molecule has 1 N–H and O–H groups in total. The summed E-state index contributed by atoms with van der Waals surface area (Å²) < 4.78 is 15.8. The Hall–Kier alpha value is -1.40. The van der Waals surface area contributed by atoms with Crippen LogP contribution in [-0.2, 0) is 19.0 Å². The molecule has 29 heavy (non-hydrogen) atoms. The van der Waals surface area contributed by atoms with Crippen LogP contribution in [0.15, 0.2) is 11.6 Å². The normalized spacial score (nSPS) is 46.2. The number of methoxy groups -OCH3 is 1. The lowest BCUT2D eigenvalue weighted by Crippen LogP contribution is -2.60. The lowest BCUT2D eigenvalue weighted by Gasteiger charge is -2.60. The summed E-state index contributed by atoms with van der Waals surface area (Å²) >= 11 is 0. The van der Waals surface area contributed by atoms with E-state index in [2.05, 4.69) is 13.8 Å². The summed E-state index contributed by atoms with van der Waals surface area (Å²) in [5, 5.41) is 11.2. The highest BCUT2D eigenvalue weighted by Crippen LogP contribution is 2.67. The van der Waals surface area contributed by atoms with E-state index < -0.39 is 11.8 Å². The van der Waals surface area contributed by atoms with Crippen LogP contribution in [0.1, 0.15) is 65.7 Å². The molecule has 0 bridgehead atoms. The zero-order valence-corrected chi connectivity index (χ0v) is 18.0. The Bertz CT molecular complexity index is 727. The fourth-order valence-electron chi connectivity index (χ4n) is 7.25. The van der Waals surface area contributed by atoms with Crippen LogP contribution in [0.25, 0.3) is 0 Å². The maximum Gasteiger partial charge on any atom is 0.510 e. The molecule has 0 amide bonds. The van der Waals surface area contributed by atoms with E-state index in [0.29, 0.717) is 24.7 Å². The second-order valence-corrected chi connectivity index (χ2v) is 10.3. The van der Waals surface area contributed by atoms with Gasteiger partial charge in [0, 0.05) is 24.9 Å². The minimum atomic E-state index is -0.778. The third kappa shape index (κ3) is 3.14. The van der Waals surface area contributed by atoms with Crippen molar-refractivity contribution in [3.8, 4) is 0 Å². The van der Waals surface area contributed by atoms with Gasteiger partial charge >= 0.3 is 6.16 Å². The maximum atomic E-state index is 12.4. The van der Waals surface area contributed by atoms with E-state index in [1.165, 1.54) is 12.7 Å². The number of carbonyl (C=O) groups excluding carboxylic acids is 2. The Balaban J connectivity index is 1.71. The van der Waals surface area contributed by atoms with Gasteiger partial charge in [-0.2, -0.15) is 0 Å². The second kappa shape index (κ2) is 7.09. The molecule has 0 spiro atoms. The van der Waals surface area contributed by atoms with E-state index in [1.54, 1.807) is 0 Å². The Kier molecular flexibility index (Phi) is 5.10. The standard InChI is InChI=1S/C23H34O6/c1-21-9-7-15(24)11-14(21)5-6-16-17-8-10-23(3,26)22(17,2)12-18(19(16)21)29-20(25)28-13-27-4/h11,16-19,26H,5-10,12-13H2,1-4H3/t16-,17-,18+,19+,21-,22-,23-/m0/s1. The molecule has 0 radical (unpaired) electrons. The maximum absolute atomic E-state index is 12.4. The van der Waals surface area contributed by atoms with Crippen molar-refractivity contribution in [2.75, 3.05) is 13.9 Å². The number of ether oxygens (including phenoxy) is 3. The van der Waals surface area contributed by atoms with Crippen LogP contribution >= 0.6 is 0 Å². The van der Waals surface area contributed by atoms with Crippen molar-refractivity contribution in [1.82, 2.24) is 0 Å². The highest BCUT2D eigenvalue weighted by molar-refractivity contribution is 5.91. The first-order valence-electron chi connectivity index (χ1n) is 10.9. The number of rotatable bonds is 3. The molecule has 0 aromatic carbocycles. The number of ketones is 1. The smallest absolute Gasteiger partial charge is 0.431 e. The molecule has 4 aliphatic rings. The van der Waals surface area contributed by atoms with E-state index in [0.717, 1.165) is 32.1 Å². The summed E-state index contributed by atoms with van der Waals surface area (Å²) in [6.07, 6.45) is 6.40. The summed E-state index contributed by atoms with van der Waals surface area (Å²) in [7, 11) is 1.46. The number of allylic oxidation sites excluding steroid dienone is 1. The molecule has 7 atom stereocenters. The minimum absolute atomic E-state index is 0.137. The van der Waals surface area contributed by atoms with Gasteiger partial charge in [0.2, 0.25) is 0 Å². The fourth-order valence-corrected chi connectivity index (χ4v) is 7.25. The van der Waals surface area contributed by atoms with Gasteiger partial charge in [0.05, 0.1) is 5.60 Å². The van der Waals surface area contributed by atoms with Crippen molar-refractivity contribution in [3.63, 3.8) is 0 Å². The minimum Gasteiger partial charge on any atom is -0.431 e. The fraction of sp³-hybridized carbons (Fsp3) is 0.826. The third-order valence-electron chi connectivity index (χ3n) is 8.98. The molecule has 0 aromatic rings. The van der Waals surface area contributed by atoms with Gasteiger partial charge in [0.25, 0.3) is 0 Å². The van der Waals surface area contributed by atoms with E-state index in [-0.39, 0.29) is 35.4 Å². The topological polar surface area (TPSA) is 82.1 Å². The van der Waals surface area contributed by atoms with Gasteiger partial charge in [-0.05, 0) is 68.8 Å². The van der Waals surface area contributed by atoms with Gasteiger partial charge in [0.1, 0.15) is 6.10 Å². The highest BCUT2D eigenvalue weighted by atomic mass is 16.8. The summed E-state index contributed by atoms with van der Waals surface area (Å²) in [5.41, 5.74) is -0.0243. The molecule has 4 aliphatic carbocycles. The van der Waals surface area contributed by atoms with E-state index in [9.17, 15) is 14.7 Å². The molecule has 162 valence electrons. The van der Waals surface area contributed by atoms with Gasteiger partial charge < -0.3 is 19.3 Å². The van der Waals surface area contributed by atoms with Crippen molar-refractivity contribution in [2.45, 2.75) is 77.4 Å². The van der Waals surface area contributed by atoms with Crippen molar-refractivity contribution in [3.05, 3.63) is 11.6 Å². The second-order valence-electron chi connectivity index (χ2n) is 10.3. The molecule has 0 aliphatic heterocycles. The Labute approximate surface area is 173 Å². The number of hydrogen-bond acceptors (Lipinski definition) is 6. The van der Waals surface area contributed by atoms with E-state index in [1.807, 2.05) is 13.0 Å². The quantitative estimate of drug-likeness (QED) is 0.563. The summed E-state index contributed by atoms with van der Waals surface area (Å²) in [5.74, 6) is 1.10. The van der Waals surface area contributed by atoms with E-state index in [4.69, 9.17) is 14.2 Å². The first kappa shape index (κ1) is 20.9. The molecule has 0 saturated heterocycles. The lowest BCUT2D eigenvalue weighted by molar-refractivity contribution is -0.174. The Morgan fingerprint density at radius 2 is 1.97 bits per heavy atom. The average molecular weight is 407 g/mol. The van der Waals surface area contributed by atoms with Crippen LogP contribution in [0.4, 0.5) is 4.79 Å². The predicted molar refractivity (Wildman–Crippen MR) is 106 cm³/mol. The molecular formula is C23H34O6. The van der Waals surface area contributed by atoms with Gasteiger partial charge in [-0.1, -0.05) is 19.4 Å². The van der Waals surface area contributed by atoms with Gasteiger partial charge in [0.15, 0.2) is 12.6 Å². The summed E-state index contributed by atoms with van der Waals surface area (Å²) in [4.78, 5) is 24.5. The lowest BCUT2D eigenvalue weighted by atomic mass is 9.45. The van der Waals surface area contributed by atoms with Crippen LogP contribution < -0.4 is 0 Å². The van der Waals surface area contributed by atoms with Crippen LogP contribution in [-0.4, -0.2) is 42.7 Å². The van der Waals surface area contributed by atoms with Crippen LogP contribution in [0.2, 0.25) is 0 Å². The molecule has 3 fully saturated rings. The first-order valence-corrected chi connectivity index (χ1v) is 10.9. The van der Waals surface area contributed by atoms with E-state index >= 15 is 0 Å². The molecule has 0 heterocycles. The number of carbonyl (C=O) groups is 2. The number of aliphatic hydroxyl groups is 1. The highest BCUT2D eigenvalue weighted by Gasteiger charge is 2.66. The third-order valence-corrected chi connectivity index (χ3v) is 8.98. The zero-order valence-electron chi connectivity index (χ0n) is 18.0. The SMILES string of the molecule is COCOC(=O)O[C@@H]1C[C@@]2(C)[C@@H](CC[C@]2(C)O)[C@@H]2CCC3=CC(=O)CC[C@]3(C)[C@H]21. The molecule has 6 nitrogen and oxygen atoms in total. The zero-order chi connectivity index (χ0) is 21.0. The summed E-state index contributed by atoms with van der Waals surface area (Å²) in [6, 6.07) is 0. The molecule has 6 heteroatoms. The van der Waals surface area contributed by atoms with Crippen molar-refractivity contribution in [2.24, 2.45) is 28.6 Å². The van der Waals surface area contributed by atoms with Crippen LogP contribution in [0.5, 0.6) is 0 Å². The molecule has 0 aromatic heterocycles. The first-order chi connectivity index (χ1) is 13.6. The molecule has 0 unspecified atom stereocenters. The predicted octanol–water partition coefficient (Wildman–Crippen LogP) is 4.00. The van der Waals surface area contributed by atoms with Crippen molar-refractivity contribution in [1.29, 1.82) is 0 Å². The van der Waals surface area contributed by atoms with Gasteiger partial charge in [-0.15, -0.1) is 0 Å². The Morgan fingerprint density at radius 1 is 1.21 bits per heavy atom. The molecule has 4 rings (SSSR count). The Morgan fingerprint density at radius 3 is 2.69 bits per heavy atom. The van der Waals surface area contributed by atoms with Crippen molar-refractivity contribution >= 4 is 11.9 Å². The molecular weight excluding hydrogens is 372 g/mol. The molecule has 3 saturated carbocycles. The average Bonchev–Trinajstić information content (AvgIpc) is 2.89.